The molecule has 0 aliphatic heterocycles. The van der Waals surface area contributed by atoms with Gasteiger partial charge < -0.3 is 10.2 Å². The molecule has 1 atom stereocenters. The molecule has 0 amide bonds. The Morgan fingerprint density at radius 3 is 2.32 bits per heavy atom. The molecular formula is C15H21ClO3. The Morgan fingerprint density at radius 2 is 1.89 bits per heavy atom. The van der Waals surface area contributed by atoms with Crippen LogP contribution in [0, 0.1) is 0 Å². The fraction of sp³-hybridized carbons (Fsp3) is 0.533. The lowest BCUT2D eigenvalue weighted by atomic mass is 9.76. The van der Waals surface area contributed by atoms with Crippen molar-refractivity contribution in [2.75, 3.05) is 0 Å². The van der Waals surface area contributed by atoms with E-state index in [2.05, 4.69) is 0 Å². The Hall–Kier alpha value is -1.06. The van der Waals surface area contributed by atoms with Crippen molar-refractivity contribution in [1.82, 2.24) is 0 Å². The summed E-state index contributed by atoms with van der Waals surface area (Å²) >= 11 is 5.92. The van der Waals surface area contributed by atoms with Crippen molar-refractivity contribution in [2.24, 2.45) is 0 Å². The first-order valence-corrected chi connectivity index (χ1v) is 7.03. The molecule has 0 aliphatic rings. The molecule has 2 N–H and O–H groups in total. The Bertz CT molecular complexity index is 425. The first kappa shape index (κ1) is 16.0. The third kappa shape index (κ3) is 3.95. The number of benzene rings is 1. The molecule has 3 nitrogen and oxygen atoms in total. The molecule has 106 valence electrons. The van der Waals surface area contributed by atoms with E-state index in [1.165, 1.54) is 0 Å². The van der Waals surface area contributed by atoms with E-state index in [1.54, 1.807) is 24.3 Å². The van der Waals surface area contributed by atoms with Gasteiger partial charge >= 0.3 is 5.97 Å². The van der Waals surface area contributed by atoms with Gasteiger partial charge in [-0.05, 0) is 30.5 Å². The topological polar surface area (TPSA) is 57.5 Å². The van der Waals surface area contributed by atoms with Crippen LogP contribution in [0.1, 0.15) is 51.0 Å². The van der Waals surface area contributed by atoms with Crippen molar-refractivity contribution in [2.45, 2.75) is 51.0 Å². The van der Waals surface area contributed by atoms with E-state index < -0.39 is 17.5 Å². The standard InChI is InChI=1S/C15H21ClO3/c1-3-8-15(19,9-4-2)13(14(17)18)11-6-5-7-12(16)10-11/h5-7,10,13,19H,3-4,8-9H2,1-2H3,(H,17,18)/t13-/m1/s1. The van der Waals surface area contributed by atoms with Crippen molar-refractivity contribution in [3.8, 4) is 0 Å². The van der Waals surface area contributed by atoms with Crippen LogP contribution in [0.25, 0.3) is 0 Å². The van der Waals surface area contributed by atoms with Crippen LogP contribution in [0.2, 0.25) is 5.02 Å². The van der Waals surface area contributed by atoms with Gasteiger partial charge in [-0.2, -0.15) is 0 Å². The van der Waals surface area contributed by atoms with Gasteiger partial charge in [0.1, 0.15) is 5.92 Å². The van der Waals surface area contributed by atoms with Crippen LogP contribution in [0.5, 0.6) is 0 Å². The highest BCUT2D eigenvalue weighted by Crippen LogP contribution is 2.37. The molecule has 19 heavy (non-hydrogen) atoms. The Morgan fingerprint density at radius 1 is 1.32 bits per heavy atom. The van der Waals surface area contributed by atoms with E-state index in [9.17, 15) is 15.0 Å². The maximum absolute atomic E-state index is 11.6. The predicted molar refractivity (Wildman–Crippen MR) is 76.6 cm³/mol. The van der Waals surface area contributed by atoms with Gasteiger partial charge in [0.25, 0.3) is 0 Å². The first-order chi connectivity index (χ1) is 8.94. The van der Waals surface area contributed by atoms with Gasteiger partial charge in [0.2, 0.25) is 0 Å². The molecule has 0 aliphatic carbocycles. The van der Waals surface area contributed by atoms with Gasteiger partial charge in [0, 0.05) is 5.02 Å². The molecule has 1 aromatic carbocycles. The van der Waals surface area contributed by atoms with Crippen LogP contribution in [-0.4, -0.2) is 21.8 Å². The molecule has 1 aromatic rings. The Balaban J connectivity index is 3.21. The summed E-state index contributed by atoms with van der Waals surface area (Å²) in [5, 5.41) is 20.8. The lowest BCUT2D eigenvalue weighted by Gasteiger charge is -2.34. The number of rotatable bonds is 7. The van der Waals surface area contributed by atoms with Crippen LogP contribution in [0.4, 0.5) is 0 Å². The normalized spacial score (nSPS) is 13.3. The van der Waals surface area contributed by atoms with Gasteiger partial charge in [0.15, 0.2) is 0 Å². The lowest BCUT2D eigenvalue weighted by Crippen LogP contribution is -2.40. The Labute approximate surface area is 119 Å². The second kappa shape index (κ2) is 6.92. The SMILES string of the molecule is CCCC(O)(CCC)[C@@H](C(=O)O)c1cccc(Cl)c1. The molecular weight excluding hydrogens is 264 g/mol. The third-order valence-electron chi connectivity index (χ3n) is 3.33. The van der Waals surface area contributed by atoms with Crippen LogP contribution < -0.4 is 0 Å². The molecule has 0 radical (unpaired) electrons. The third-order valence-corrected chi connectivity index (χ3v) is 3.57. The van der Waals surface area contributed by atoms with Crippen molar-refractivity contribution in [3.63, 3.8) is 0 Å². The van der Waals surface area contributed by atoms with Crippen molar-refractivity contribution in [3.05, 3.63) is 34.9 Å². The molecule has 0 fully saturated rings. The summed E-state index contributed by atoms with van der Waals surface area (Å²) in [6.45, 7) is 3.88. The molecule has 0 spiro atoms. The van der Waals surface area contributed by atoms with Gasteiger partial charge in [-0.1, -0.05) is 50.4 Å². The number of carboxylic acid groups (broad SMARTS) is 1. The first-order valence-electron chi connectivity index (χ1n) is 6.65. The minimum Gasteiger partial charge on any atom is -0.481 e. The predicted octanol–water partition coefficient (Wildman–Crippen LogP) is 3.84. The van der Waals surface area contributed by atoms with E-state index in [4.69, 9.17) is 11.6 Å². The lowest BCUT2D eigenvalue weighted by molar-refractivity contribution is -0.147. The second-order valence-corrected chi connectivity index (χ2v) is 5.37. The van der Waals surface area contributed by atoms with Crippen LogP contribution in [-0.2, 0) is 4.79 Å². The average Bonchev–Trinajstić information content (AvgIpc) is 2.28. The summed E-state index contributed by atoms with van der Waals surface area (Å²) in [7, 11) is 0. The zero-order valence-electron chi connectivity index (χ0n) is 11.4. The number of aliphatic hydroxyl groups is 1. The van der Waals surface area contributed by atoms with E-state index in [1.807, 2.05) is 13.8 Å². The summed E-state index contributed by atoms with van der Waals surface area (Å²) in [4.78, 5) is 11.6. The quantitative estimate of drug-likeness (QED) is 0.800. The number of carbonyl (C=O) groups is 1. The minimum atomic E-state index is -1.22. The van der Waals surface area contributed by atoms with E-state index in [-0.39, 0.29) is 0 Å². The monoisotopic (exact) mass is 284 g/mol. The smallest absolute Gasteiger partial charge is 0.313 e. The number of halogens is 1. The molecule has 1 rings (SSSR count). The fourth-order valence-electron chi connectivity index (χ4n) is 2.65. The summed E-state index contributed by atoms with van der Waals surface area (Å²) < 4.78 is 0. The highest BCUT2D eigenvalue weighted by molar-refractivity contribution is 6.30. The number of carboxylic acids is 1. The maximum atomic E-state index is 11.6. The molecule has 0 unspecified atom stereocenters. The van der Waals surface area contributed by atoms with Gasteiger partial charge in [0.05, 0.1) is 5.60 Å². The van der Waals surface area contributed by atoms with Gasteiger partial charge in [-0.3, -0.25) is 4.79 Å². The van der Waals surface area contributed by atoms with E-state index in [0.717, 1.165) is 12.8 Å². The minimum absolute atomic E-state index is 0.463. The van der Waals surface area contributed by atoms with Crippen LogP contribution in [0.15, 0.2) is 24.3 Å². The molecule has 0 bridgehead atoms. The fourth-order valence-corrected chi connectivity index (χ4v) is 2.85. The van der Waals surface area contributed by atoms with Crippen molar-refractivity contribution in [1.29, 1.82) is 0 Å². The molecule has 0 aromatic heterocycles. The summed E-state index contributed by atoms with van der Waals surface area (Å²) in [5.74, 6) is -1.95. The largest absolute Gasteiger partial charge is 0.481 e. The van der Waals surface area contributed by atoms with Gasteiger partial charge in [-0.25, -0.2) is 0 Å². The highest BCUT2D eigenvalue weighted by Gasteiger charge is 2.41. The number of hydrogen-bond acceptors (Lipinski definition) is 2. The Kier molecular flexibility index (Phi) is 5.83. The zero-order chi connectivity index (χ0) is 14.5. The number of aliphatic carboxylic acids is 1. The molecule has 0 heterocycles. The second-order valence-electron chi connectivity index (χ2n) is 4.93. The number of hydrogen-bond donors (Lipinski definition) is 2. The molecule has 0 saturated heterocycles. The van der Waals surface area contributed by atoms with E-state index >= 15 is 0 Å². The van der Waals surface area contributed by atoms with Crippen LogP contribution in [0.3, 0.4) is 0 Å². The van der Waals surface area contributed by atoms with Crippen molar-refractivity contribution >= 4 is 17.6 Å². The van der Waals surface area contributed by atoms with Gasteiger partial charge in [-0.15, -0.1) is 0 Å². The molecule has 0 saturated carbocycles. The maximum Gasteiger partial charge on any atom is 0.313 e. The zero-order valence-corrected chi connectivity index (χ0v) is 12.2. The summed E-state index contributed by atoms with van der Waals surface area (Å²) in [5.41, 5.74) is -0.663. The average molecular weight is 285 g/mol. The molecule has 4 heteroatoms. The highest BCUT2D eigenvalue weighted by atomic mass is 35.5. The van der Waals surface area contributed by atoms with Crippen LogP contribution >= 0.6 is 11.6 Å². The summed E-state index contributed by atoms with van der Waals surface area (Å²) in [6.07, 6.45) is 2.40. The van der Waals surface area contributed by atoms with Crippen molar-refractivity contribution < 1.29 is 15.0 Å². The van der Waals surface area contributed by atoms with E-state index in [0.29, 0.717) is 23.4 Å². The summed E-state index contributed by atoms with van der Waals surface area (Å²) in [6, 6.07) is 6.74.